The molecule has 20 heavy (non-hydrogen) atoms. The number of carbonyl (C=O) groups is 2. The number of aromatic carboxylic acids is 1. The van der Waals surface area contributed by atoms with Gasteiger partial charge in [0.2, 0.25) is 11.8 Å². The molecule has 1 amide bonds. The van der Waals surface area contributed by atoms with Gasteiger partial charge in [-0.05, 0) is 25.5 Å². The first-order valence-corrected chi connectivity index (χ1v) is 6.03. The summed E-state index contributed by atoms with van der Waals surface area (Å²) >= 11 is 0. The summed E-state index contributed by atoms with van der Waals surface area (Å²) in [5.41, 5.74) is 2.02. The van der Waals surface area contributed by atoms with E-state index in [1.54, 1.807) is 32.0 Å². The minimum absolute atomic E-state index is 0.0400. The van der Waals surface area contributed by atoms with Crippen molar-refractivity contribution in [3.63, 3.8) is 0 Å². The van der Waals surface area contributed by atoms with Crippen LogP contribution in [0.1, 0.15) is 27.2 Å². The van der Waals surface area contributed by atoms with Crippen LogP contribution in [0, 0.1) is 13.8 Å². The number of aryl methyl sites for hydroxylation is 1. The van der Waals surface area contributed by atoms with Crippen LogP contribution in [0.3, 0.4) is 0 Å². The molecule has 2 aromatic rings. The van der Waals surface area contributed by atoms with E-state index in [9.17, 15) is 9.59 Å². The number of carboxylic acid groups (broad SMARTS) is 1. The molecular formula is C14H14N2O4. The Morgan fingerprint density at radius 1 is 1.30 bits per heavy atom. The van der Waals surface area contributed by atoms with Crippen molar-refractivity contribution < 1.29 is 19.2 Å². The zero-order chi connectivity index (χ0) is 14.7. The van der Waals surface area contributed by atoms with E-state index in [0.717, 1.165) is 5.56 Å². The van der Waals surface area contributed by atoms with Crippen LogP contribution < -0.4 is 5.32 Å². The van der Waals surface area contributed by atoms with Gasteiger partial charge in [0.05, 0.1) is 17.7 Å². The maximum Gasteiger partial charge on any atom is 0.335 e. The number of hydrogen-bond donors (Lipinski definition) is 2. The molecule has 0 saturated heterocycles. The molecule has 0 spiro atoms. The highest BCUT2D eigenvalue weighted by molar-refractivity contribution is 5.95. The predicted molar refractivity (Wildman–Crippen MR) is 71.7 cm³/mol. The SMILES string of the molecule is Cc1noc(NC(=O)Cc2ccccc2C(=O)O)c1C. The zero-order valence-corrected chi connectivity index (χ0v) is 11.1. The highest BCUT2D eigenvalue weighted by Crippen LogP contribution is 2.18. The smallest absolute Gasteiger partial charge is 0.335 e. The lowest BCUT2D eigenvalue weighted by molar-refractivity contribution is -0.115. The molecule has 0 atom stereocenters. The van der Waals surface area contributed by atoms with Gasteiger partial charge in [-0.2, -0.15) is 0 Å². The van der Waals surface area contributed by atoms with E-state index < -0.39 is 5.97 Å². The molecule has 0 aliphatic heterocycles. The summed E-state index contributed by atoms with van der Waals surface area (Å²) in [5, 5.41) is 15.4. The van der Waals surface area contributed by atoms with Gasteiger partial charge in [-0.25, -0.2) is 4.79 Å². The molecule has 1 aromatic carbocycles. The largest absolute Gasteiger partial charge is 0.478 e. The van der Waals surface area contributed by atoms with E-state index >= 15 is 0 Å². The average Bonchev–Trinajstić information content (AvgIpc) is 2.71. The molecule has 6 heteroatoms. The van der Waals surface area contributed by atoms with Crippen LogP contribution in [0.4, 0.5) is 5.88 Å². The molecule has 1 aromatic heterocycles. The first-order chi connectivity index (χ1) is 9.49. The Kier molecular flexibility index (Phi) is 3.84. The highest BCUT2D eigenvalue weighted by atomic mass is 16.5. The average molecular weight is 274 g/mol. The minimum Gasteiger partial charge on any atom is -0.478 e. The molecule has 0 bridgehead atoms. The first kappa shape index (κ1) is 13.8. The number of carboxylic acids is 1. The number of carbonyl (C=O) groups excluding carboxylic acids is 1. The van der Waals surface area contributed by atoms with Gasteiger partial charge in [-0.3, -0.25) is 10.1 Å². The third-order valence-corrected chi connectivity index (χ3v) is 3.01. The van der Waals surface area contributed by atoms with E-state index in [1.807, 2.05) is 0 Å². The molecule has 1 heterocycles. The number of nitrogens with zero attached hydrogens (tertiary/aromatic N) is 1. The second kappa shape index (κ2) is 5.56. The third kappa shape index (κ3) is 2.85. The first-order valence-electron chi connectivity index (χ1n) is 6.03. The number of benzene rings is 1. The summed E-state index contributed by atoms with van der Waals surface area (Å²) in [6.45, 7) is 3.56. The van der Waals surface area contributed by atoms with Gasteiger partial charge in [0.15, 0.2) is 0 Å². The lowest BCUT2D eigenvalue weighted by atomic mass is 10.0. The van der Waals surface area contributed by atoms with Crippen LogP contribution in [-0.2, 0) is 11.2 Å². The van der Waals surface area contributed by atoms with Crippen molar-refractivity contribution in [2.24, 2.45) is 0 Å². The quantitative estimate of drug-likeness (QED) is 0.891. The number of rotatable bonds is 4. The van der Waals surface area contributed by atoms with Crippen molar-refractivity contribution in [3.05, 3.63) is 46.6 Å². The molecule has 0 fully saturated rings. The molecule has 104 valence electrons. The van der Waals surface area contributed by atoms with E-state index in [0.29, 0.717) is 17.1 Å². The Morgan fingerprint density at radius 3 is 2.60 bits per heavy atom. The van der Waals surface area contributed by atoms with Crippen LogP contribution in [-0.4, -0.2) is 22.1 Å². The van der Waals surface area contributed by atoms with Gasteiger partial charge in [-0.1, -0.05) is 23.4 Å². The fourth-order valence-electron chi connectivity index (χ4n) is 1.76. The summed E-state index contributed by atoms with van der Waals surface area (Å²) in [4.78, 5) is 23.0. The van der Waals surface area contributed by atoms with Gasteiger partial charge in [0.25, 0.3) is 0 Å². The second-order valence-corrected chi connectivity index (χ2v) is 4.41. The Morgan fingerprint density at radius 2 is 2.00 bits per heavy atom. The minimum atomic E-state index is -1.06. The monoisotopic (exact) mass is 274 g/mol. The molecule has 2 N–H and O–H groups in total. The molecule has 0 unspecified atom stereocenters. The van der Waals surface area contributed by atoms with Crippen LogP contribution in [0.2, 0.25) is 0 Å². The van der Waals surface area contributed by atoms with Crippen molar-refractivity contribution in [1.29, 1.82) is 0 Å². The Bertz CT molecular complexity index is 661. The summed E-state index contributed by atoms with van der Waals surface area (Å²) in [6.07, 6.45) is -0.0400. The Labute approximate surface area is 115 Å². The normalized spacial score (nSPS) is 10.3. The zero-order valence-electron chi connectivity index (χ0n) is 11.1. The second-order valence-electron chi connectivity index (χ2n) is 4.41. The maximum atomic E-state index is 11.9. The van der Waals surface area contributed by atoms with E-state index in [2.05, 4.69) is 10.5 Å². The van der Waals surface area contributed by atoms with Crippen molar-refractivity contribution in [2.75, 3.05) is 5.32 Å². The van der Waals surface area contributed by atoms with Gasteiger partial charge in [0.1, 0.15) is 0 Å². The predicted octanol–water partition coefficient (Wildman–Crippen LogP) is 2.17. The van der Waals surface area contributed by atoms with Crippen LogP contribution in [0.5, 0.6) is 0 Å². The van der Waals surface area contributed by atoms with Gasteiger partial charge < -0.3 is 9.63 Å². The van der Waals surface area contributed by atoms with Crippen molar-refractivity contribution >= 4 is 17.8 Å². The lowest BCUT2D eigenvalue weighted by Gasteiger charge is -2.05. The summed E-state index contributed by atoms with van der Waals surface area (Å²) in [7, 11) is 0. The summed E-state index contributed by atoms with van der Waals surface area (Å²) in [6, 6.07) is 6.39. The molecule has 0 aliphatic carbocycles. The number of hydrogen-bond acceptors (Lipinski definition) is 4. The lowest BCUT2D eigenvalue weighted by Crippen LogP contribution is -2.16. The number of nitrogens with one attached hydrogen (secondary N) is 1. The summed E-state index contributed by atoms with van der Waals surface area (Å²) < 4.78 is 4.98. The molecular weight excluding hydrogens is 260 g/mol. The number of anilines is 1. The number of amides is 1. The van der Waals surface area contributed by atoms with E-state index in [-0.39, 0.29) is 17.9 Å². The molecule has 0 aliphatic rings. The maximum absolute atomic E-state index is 11.9. The van der Waals surface area contributed by atoms with Crippen LogP contribution in [0.25, 0.3) is 0 Å². The highest BCUT2D eigenvalue weighted by Gasteiger charge is 2.15. The summed E-state index contributed by atoms with van der Waals surface area (Å²) in [5.74, 6) is -1.11. The number of aromatic nitrogens is 1. The van der Waals surface area contributed by atoms with Crippen molar-refractivity contribution in [2.45, 2.75) is 20.3 Å². The standard InChI is InChI=1S/C14H14N2O4/c1-8-9(2)16-20-13(8)15-12(17)7-10-5-3-4-6-11(10)14(18)19/h3-6H,7H2,1-2H3,(H,15,17)(H,18,19). The van der Waals surface area contributed by atoms with E-state index in [1.165, 1.54) is 6.07 Å². The molecule has 0 radical (unpaired) electrons. The fourth-order valence-corrected chi connectivity index (χ4v) is 1.76. The van der Waals surface area contributed by atoms with Crippen LogP contribution in [0.15, 0.2) is 28.8 Å². The van der Waals surface area contributed by atoms with Crippen LogP contribution >= 0.6 is 0 Å². The molecule has 0 saturated carbocycles. The van der Waals surface area contributed by atoms with Crippen molar-refractivity contribution in [3.8, 4) is 0 Å². The van der Waals surface area contributed by atoms with Crippen molar-refractivity contribution in [1.82, 2.24) is 5.16 Å². The van der Waals surface area contributed by atoms with Gasteiger partial charge in [-0.15, -0.1) is 0 Å². The van der Waals surface area contributed by atoms with Gasteiger partial charge >= 0.3 is 5.97 Å². The van der Waals surface area contributed by atoms with E-state index in [4.69, 9.17) is 9.63 Å². The molecule has 2 rings (SSSR count). The Balaban J connectivity index is 2.13. The fraction of sp³-hybridized carbons (Fsp3) is 0.214. The topological polar surface area (TPSA) is 92.4 Å². The third-order valence-electron chi connectivity index (χ3n) is 3.01. The van der Waals surface area contributed by atoms with Gasteiger partial charge in [0, 0.05) is 5.56 Å². The Hall–Kier alpha value is -2.63. The molecule has 6 nitrogen and oxygen atoms in total.